The summed E-state index contributed by atoms with van der Waals surface area (Å²) in [6.07, 6.45) is 0. The van der Waals surface area contributed by atoms with Crippen LogP contribution in [0.15, 0.2) is 16.5 Å². The number of carbonyl (C=O) groups is 1. The molecule has 0 spiro atoms. The second kappa shape index (κ2) is 6.90. The van der Waals surface area contributed by atoms with Crippen molar-refractivity contribution in [2.45, 2.75) is 39.8 Å². The Labute approximate surface area is 121 Å². The fraction of sp³-hybridized carbons (Fsp3) is 0.667. The Bertz CT molecular complexity index is 435. The summed E-state index contributed by atoms with van der Waals surface area (Å²) >= 11 is 0. The van der Waals surface area contributed by atoms with Crippen LogP contribution in [-0.2, 0) is 11.3 Å². The zero-order valence-electron chi connectivity index (χ0n) is 13.1. The number of nitrogens with zero attached hydrogens (tertiary/aromatic N) is 2. The molecule has 0 unspecified atom stereocenters. The molecule has 0 saturated heterocycles. The van der Waals surface area contributed by atoms with Crippen LogP contribution in [0.3, 0.4) is 0 Å². The van der Waals surface area contributed by atoms with Crippen LogP contribution in [-0.4, -0.2) is 53.1 Å². The lowest BCUT2D eigenvalue weighted by Gasteiger charge is -2.28. The molecule has 114 valence electrons. The van der Waals surface area contributed by atoms with E-state index in [0.717, 1.165) is 18.1 Å². The van der Waals surface area contributed by atoms with Gasteiger partial charge in [-0.3, -0.25) is 9.69 Å². The molecular weight excluding hydrogens is 256 g/mol. The lowest BCUT2D eigenvalue weighted by molar-refractivity contribution is -0.132. The van der Waals surface area contributed by atoms with Crippen LogP contribution in [0.2, 0.25) is 0 Å². The number of hydrogen-bond donors (Lipinski definition) is 1. The van der Waals surface area contributed by atoms with Crippen molar-refractivity contribution in [2.75, 3.05) is 26.7 Å². The van der Waals surface area contributed by atoms with Gasteiger partial charge in [-0.2, -0.15) is 0 Å². The maximum absolute atomic E-state index is 12.2. The first-order chi connectivity index (χ1) is 9.21. The number of hydrogen-bond acceptors (Lipinski definition) is 4. The zero-order valence-corrected chi connectivity index (χ0v) is 13.1. The highest BCUT2D eigenvalue weighted by Gasteiger charge is 2.20. The topological polar surface area (TPSA) is 56.9 Å². The van der Waals surface area contributed by atoms with Gasteiger partial charge < -0.3 is 14.4 Å². The Hall–Kier alpha value is -1.33. The van der Waals surface area contributed by atoms with Crippen LogP contribution in [0.1, 0.15) is 32.3 Å². The second-order valence-electron chi connectivity index (χ2n) is 5.88. The van der Waals surface area contributed by atoms with Crippen molar-refractivity contribution in [2.24, 2.45) is 0 Å². The Morgan fingerprint density at radius 2 is 2.05 bits per heavy atom. The fourth-order valence-corrected chi connectivity index (χ4v) is 2.03. The van der Waals surface area contributed by atoms with E-state index < -0.39 is 5.60 Å². The molecule has 1 heterocycles. The van der Waals surface area contributed by atoms with Crippen molar-refractivity contribution in [1.29, 1.82) is 0 Å². The summed E-state index contributed by atoms with van der Waals surface area (Å²) in [6, 6.07) is 3.77. The highest BCUT2D eigenvalue weighted by Crippen LogP contribution is 2.10. The average molecular weight is 282 g/mol. The lowest BCUT2D eigenvalue weighted by atomic mass is 10.1. The normalized spacial score (nSPS) is 11.9. The molecule has 0 radical (unpaired) electrons. The van der Waals surface area contributed by atoms with E-state index in [0.29, 0.717) is 19.6 Å². The molecule has 1 aromatic heterocycles. The lowest BCUT2D eigenvalue weighted by Crippen LogP contribution is -2.44. The van der Waals surface area contributed by atoms with Gasteiger partial charge in [-0.1, -0.05) is 6.92 Å². The largest absolute Gasteiger partial charge is 0.464 e. The van der Waals surface area contributed by atoms with Gasteiger partial charge in [-0.25, -0.2) is 0 Å². The van der Waals surface area contributed by atoms with Crippen molar-refractivity contribution in [3.8, 4) is 0 Å². The minimum atomic E-state index is -0.799. The van der Waals surface area contributed by atoms with Crippen LogP contribution < -0.4 is 0 Å². The van der Waals surface area contributed by atoms with Crippen LogP contribution in [0.4, 0.5) is 0 Å². The van der Waals surface area contributed by atoms with Crippen molar-refractivity contribution in [3.05, 3.63) is 23.7 Å². The molecule has 1 amide bonds. The Balaban J connectivity index is 2.51. The van der Waals surface area contributed by atoms with Crippen LogP contribution in [0.25, 0.3) is 0 Å². The van der Waals surface area contributed by atoms with Crippen molar-refractivity contribution >= 4 is 5.91 Å². The summed E-state index contributed by atoms with van der Waals surface area (Å²) < 4.78 is 5.47. The molecule has 20 heavy (non-hydrogen) atoms. The number of amides is 1. The molecule has 5 heteroatoms. The highest BCUT2D eigenvalue weighted by atomic mass is 16.3. The number of rotatable bonds is 7. The smallest absolute Gasteiger partial charge is 0.236 e. The van der Waals surface area contributed by atoms with E-state index in [1.807, 2.05) is 30.9 Å². The summed E-state index contributed by atoms with van der Waals surface area (Å²) in [6.45, 7) is 9.32. The van der Waals surface area contributed by atoms with E-state index in [1.165, 1.54) is 0 Å². The van der Waals surface area contributed by atoms with E-state index in [9.17, 15) is 9.90 Å². The van der Waals surface area contributed by atoms with E-state index in [4.69, 9.17) is 4.42 Å². The monoisotopic (exact) mass is 282 g/mol. The fourth-order valence-electron chi connectivity index (χ4n) is 2.03. The SMILES string of the molecule is CCN(CC(=O)N(C)Cc1ccc(C)o1)CC(C)(C)O. The van der Waals surface area contributed by atoms with E-state index in [2.05, 4.69) is 0 Å². The highest BCUT2D eigenvalue weighted by molar-refractivity contribution is 5.77. The van der Waals surface area contributed by atoms with Gasteiger partial charge in [0.25, 0.3) is 0 Å². The van der Waals surface area contributed by atoms with Gasteiger partial charge >= 0.3 is 0 Å². The summed E-state index contributed by atoms with van der Waals surface area (Å²) in [4.78, 5) is 15.8. The number of likely N-dealkylation sites (N-methyl/N-ethyl adjacent to an activating group) is 2. The van der Waals surface area contributed by atoms with Crippen molar-refractivity contribution in [3.63, 3.8) is 0 Å². The van der Waals surface area contributed by atoms with Gasteiger partial charge in [0.05, 0.1) is 18.7 Å². The first kappa shape index (κ1) is 16.7. The van der Waals surface area contributed by atoms with Gasteiger partial charge in [-0.05, 0) is 39.4 Å². The third-order valence-corrected chi connectivity index (χ3v) is 3.03. The molecule has 1 N–H and O–H groups in total. The third-order valence-electron chi connectivity index (χ3n) is 3.03. The predicted octanol–water partition coefficient (Wildman–Crippen LogP) is 1.64. The molecular formula is C15H26N2O3. The number of aryl methyl sites for hydroxylation is 1. The molecule has 0 saturated carbocycles. The molecule has 1 rings (SSSR count). The average Bonchev–Trinajstić information content (AvgIpc) is 2.71. The first-order valence-electron chi connectivity index (χ1n) is 6.95. The standard InChI is InChI=1S/C15H26N2O3/c1-6-17(11-15(3,4)19)10-14(18)16(5)9-13-8-7-12(2)20-13/h7-8,19H,6,9-11H2,1-5H3. The molecule has 0 atom stereocenters. The van der Waals surface area contributed by atoms with Crippen LogP contribution in [0.5, 0.6) is 0 Å². The van der Waals surface area contributed by atoms with Gasteiger partial charge in [0.15, 0.2) is 0 Å². The summed E-state index contributed by atoms with van der Waals surface area (Å²) in [5, 5.41) is 9.83. The molecule has 5 nitrogen and oxygen atoms in total. The Kier molecular flexibility index (Phi) is 5.77. The van der Waals surface area contributed by atoms with Crippen molar-refractivity contribution < 1.29 is 14.3 Å². The molecule has 0 fully saturated rings. The quantitative estimate of drug-likeness (QED) is 0.826. The van der Waals surface area contributed by atoms with Crippen LogP contribution >= 0.6 is 0 Å². The van der Waals surface area contributed by atoms with E-state index in [-0.39, 0.29) is 5.91 Å². The summed E-state index contributed by atoms with van der Waals surface area (Å²) in [5.74, 6) is 1.65. The van der Waals surface area contributed by atoms with Crippen molar-refractivity contribution in [1.82, 2.24) is 9.80 Å². The van der Waals surface area contributed by atoms with Gasteiger partial charge in [0.2, 0.25) is 5.91 Å². The van der Waals surface area contributed by atoms with E-state index in [1.54, 1.807) is 25.8 Å². The number of furan rings is 1. The van der Waals surface area contributed by atoms with Gasteiger partial charge in [0.1, 0.15) is 11.5 Å². The third kappa shape index (κ3) is 5.75. The van der Waals surface area contributed by atoms with Gasteiger partial charge in [-0.15, -0.1) is 0 Å². The summed E-state index contributed by atoms with van der Waals surface area (Å²) in [7, 11) is 1.76. The number of aliphatic hydroxyl groups is 1. The minimum Gasteiger partial charge on any atom is -0.464 e. The molecule has 0 aromatic carbocycles. The van der Waals surface area contributed by atoms with Crippen LogP contribution in [0, 0.1) is 6.92 Å². The second-order valence-corrected chi connectivity index (χ2v) is 5.88. The Morgan fingerprint density at radius 3 is 2.50 bits per heavy atom. The van der Waals surface area contributed by atoms with Gasteiger partial charge in [0, 0.05) is 13.6 Å². The molecule has 1 aromatic rings. The van der Waals surface area contributed by atoms with E-state index >= 15 is 0 Å². The minimum absolute atomic E-state index is 0.0187. The Morgan fingerprint density at radius 1 is 1.40 bits per heavy atom. The molecule has 0 aliphatic heterocycles. The predicted molar refractivity (Wildman–Crippen MR) is 78.3 cm³/mol. The maximum Gasteiger partial charge on any atom is 0.236 e. The summed E-state index contributed by atoms with van der Waals surface area (Å²) in [5.41, 5.74) is -0.799. The first-order valence-corrected chi connectivity index (χ1v) is 6.95. The molecule has 0 bridgehead atoms. The number of carbonyl (C=O) groups excluding carboxylic acids is 1. The maximum atomic E-state index is 12.2. The molecule has 0 aliphatic rings. The molecule has 0 aliphatic carbocycles. The zero-order chi connectivity index (χ0) is 15.3.